The van der Waals surface area contributed by atoms with Crippen molar-refractivity contribution in [1.29, 1.82) is 0 Å². The number of aryl methyl sites for hydroxylation is 1. The summed E-state index contributed by atoms with van der Waals surface area (Å²) in [5.74, 6) is -1.88. The number of rotatable bonds is 4. The molecule has 122 valence electrons. The fourth-order valence-electron chi connectivity index (χ4n) is 2.34. The van der Waals surface area contributed by atoms with Crippen LogP contribution in [0.2, 0.25) is 0 Å². The largest absolute Gasteiger partial charge is 0.476 e. The van der Waals surface area contributed by atoms with Gasteiger partial charge in [0.15, 0.2) is 11.5 Å². The topological polar surface area (TPSA) is 101 Å². The van der Waals surface area contributed by atoms with Gasteiger partial charge in [0.05, 0.1) is 17.5 Å². The predicted octanol–water partition coefficient (Wildman–Crippen LogP) is 1.30. The molecular weight excluding hydrogens is 342 g/mol. The molecule has 0 spiro atoms. The van der Waals surface area contributed by atoms with Gasteiger partial charge in [-0.2, -0.15) is 8.42 Å². The Kier molecular flexibility index (Phi) is 3.85. The molecule has 1 atom stereocenters. The summed E-state index contributed by atoms with van der Waals surface area (Å²) in [6.45, 7) is 1.82. The fraction of sp³-hybridized carbons (Fsp3) is 0.286. The lowest BCUT2D eigenvalue weighted by Gasteiger charge is -2.43. The maximum absolute atomic E-state index is 12.3. The minimum Gasteiger partial charge on any atom is -0.476 e. The van der Waals surface area contributed by atoms with Crippen molar-refractivity contribution in [3.05, 3.63) is 41.3 Å². The van der Waals surface area contributed by atoms with Crippen LogP contribution in [0, 0.1) is 6.92 Å². The number of aliphatic carboxylic acids is 1. The van der Waals surface area contributed by atoms with Gasteiger partial charge < -0.3 is 9.29 Å². The number of fused-ring (bicyclic) bond motifs is 1. The van der Waals surface area contributed by atoms with Crippen molar-refractivity contribution in [2.75, 3.05) is 5.75 Å². The van der Waals surface area contributed by atoms with E-state index in [9.17, 15) is 23.1 Å². The van der Waals surface area contributed by atoms with Crippen LogP contribution in [-0.2, 0) is 23.9 Å². The van der Waals surface area contributed by atoms with Crippen LogP contribution in [-0.4, -0.2) is 41.4 Å². The molecule has 0 unspecified atom stereocenters. The van der Waals surface area contributed by atoms with Gasteiger partial charge in [0.25, 0.3) is 0 Å². The third kappa shape index (κ3) is 2.81. The molecule has 2 aliphatic heterocycles. The van der Waals surface area contributed by atoms with Gasteiger partial charge in [0.2, 0.25) is 5.91 Å². The van der Waals surface area contributed by atoms with Gasteiger partial charge in [0.1, 0.15) is 4.90 Å². The molecular formula is C14H13NO6S2. The molecule has 3 rings (SSSR count). The number of hydrogen-bond donors (Lipinski definition) is 1. The Bertz CT molecular complexity index is 812. The van der Waals surface area contributed by atoms with Gasteiger partial charge in [-0.05, 0) is 19.1 Å². The summed E-state index contributed by atoms with van der Waals surface area (Å²) in [6.07, 6.45) is 0.249. The second kappa shape index (κ2) is 5.57. The van der Waals surface area contributed by atoms with E-state index in [2.05, 4.69) is 0 Å². The number of carbonyl (C=O) groups excluding carboxylic acids is 1. The van der Waals surface area contributed by atoms with Crippen LogP contribution in [0.5, 0.6) is 0 Å². The summed E-state index contributed by atoms with van der Waals surface area (Å²) in [7, 11) is -4.15. The van der Waals surface area contributed by atoms with Gasteiger partial charge in [0, 0.05) is 0 Å². The van der Waals surface area contributed by atoms with Crippen molar-refractivity contribution in [3.63, 3.8) is 0 Å². The SMILES string of the molecule is Cc1ccc(S(=O)(=O)OC2=C(C(=O)O)N3C(=O)C[C@H]3SC2)cc1. The number of carbonyl (C=O) groups is 2. The monoisotopic (exact) mass is 355 g/mol. The van der Waals surface area contributed by atoms with E-state index < -0.39 is 16.1 Å². The Labute approximate surface area is 137 Å². The first-order valence-corrected chi connectivity index (χ1v) is 9.16. The maximum atomic E-state index is 12.3. The Morgan fingerprint density at radius 3 is 2.57 bits per heavy atom. The average molecular weight is 355 g/mol. The average Bonchev–Trinajstić information content (AvgIpc) is 2.47. The number of carboxylic acid groups (broad SMARTS) is 1. The lowest BCUT2D eigenvalue weighted by Crippen LogP contribution is -2.54. The normalized spacial score (nSPS) is 20.8. The van der Waals surface area contributed by atoms with Gasteiger partial charge >= 0.3 is 16.1 Å². The predicted molar refractivity (Wildman–Crippen MR) is 81.8 cm³/mol. The molecule has 23 heavy (non-hydrogen) atoms. The van der Waals surface area contributed by atoms with Crippen LogP contribution >= 0.6 is 11.8 Å². The molecule has 0 aromatic heterocycles. The summed E-state index contributed by atoms with van der Waals surface area (Å²) in [5.41, 5.74) is 0.498. The van der Waals surface area contributed by atoms with Crippen molar-refractivity contribution in [1.82, 2.24) is 4.90 Å². The lowest BCUT2D eigenvalue weighted by molar-refractivity contribution is -0.146. The number of amides is 1. The zero-order chi connectivity index (χ0) is 16.8. The number of hydrogen-bond acceptors (Lipinski definition) is 6. The molecule has 0 radical (unpaired) electrons. The van der Waals surface area contributed by atoms with Gasteiger partial charge in [-0.1, -0.05) is 17.7 Å². The lowest BCUT2D eigenvalue weighted by atomic mass is 10.1. The molecule has 1 amide bonds. The van der Waals surface area contributed by atoms with Gasteiger partial charge in [-0.15, -0.1) is 11.8 Å². The highest BCUT2D eigenvalue weighted by molar-refractivity contribution is 8.00. The Balaban J connectivity index is 1.96. The van der Waals surface area contributed by atoms with Crippen molar-refractivity contribution >= 4 is 33.8 Å². The number of thioether (sulfide) groups is 1. The first-order chi connectivity index (χ1) is 10.8. The van der Waals surface area contributed by atoms with E-state index in [0.29, 0.717) is 0 Å². The van der Waals surface area contributed by atoms with Crippen LogP contribution in [0.25, 0.3) is 0 Å². The molecule has 7 nitrogen and oxygen atoms in total. The quantitative estimate of drug-likeness (QED) is 0.642. The van der Waals surface area contributed by atoms with Crippen LogP contribution < -0.4 is 0 Å². The van der Waals surface area contributed by atoms with E-state index >= 15 is 0 Å². The molecule has 2 heterocycles. The smallest absolute Gasteiger partial charge is 0.356 e. The molecule has 1 saturated heterocycles. The van der Waals surface area contributed by atoms with Crippen LogP contribution in [0.4, 0.5) is 0 Å². The second-order valence-corrected chi connectivity index (χ2v) is 7.87. The van der Waals surface area contributed by atoms with E-state index in [1.807, 2.05) is 6.92 Å². The van der Waals surface area contributed by atoms with Crippen LogP contribution in [0.15, 0.2) is 40.6 Å². The highest BCUT2D eigenvalue weighted by Crippen LogP contribution is 2.40. The fourth-order valence-corrected chi connectivity index (χ4v) is 4.55. The van der Waals surface area contributed by atoms with Crippen molar-refractivity contribution in [2.45, 2.75) is 23.6 Å². The zero-order valence-electron chi connectivity index (χ0n) is 12.1. The van der Waals surface area contributed by atoms with Crippen molar-refractivity contribution < 1.29 is 27.3 Å². The number of nitrogens with zero attached hydrogens (tertiary/aromatic N) is 1. The highest BCUT2D eigenvalue weighted by Gasteiger charge is 2.47. The van der Waals surface area contributed by atoms with Crippen LogP contribution in [0.1, 0.15) is 12.0 Å². The second-order valence-electron chi connectivity index (χ2n) is 5.16. The Morgan fingerprint density at radius 1 is 1.35 bits per heavy atom. The molecule has 1 aromatic carbocycles. The summed E-state index contributed by atoms with van der Waals surface area (Å²) >= 11 is 1.28. The summed E-state index contributed by atoms with van der Waals surface area (Å²) < 4.78 is 29.6. The van der Waals surface area contributed by atoms with E-state index in [1.165, 1.54) is 23.9 Å². The Hall–Kier alpha value is -2.00. The molecule has 9 heteroatoms. The zero-order valence-corrected chi connectivity index (χ0v) is 13.7. The van der Waals surface area contributed by atoms with Crippen molar-refractivity contribution in [3.8, 4) is 0 Å². The molecule has 0 aliphatic carbocycles. The van der Waals surface area contributed by atoms with Crippen molar-refractivity contribution in [2.24, 2.45) is 0 Å². The third-order valence-corrected chi connectivity index (χ3v) is 6.00. The Morgan fingerprint density at radius 2 is 2.00 bits per heavy atom. The summed E-state index contributed by atoms with van der Waals surface area (Å²) in [5, 5.41) is 9.06. The minimum absolute atomic E-state index is 0.0672. The van der Waals surface area contributed by atoms with Crippen LogP contribution in [0.3, 0.4) is 0 Å². The van der Waals surface area contributed by atoms with E-state index in [4.69, 9.17) is 4.18 Å². The minimum atomic E-state index is -4.15. The van der Waals surface area contributed by atoms with E-state index in [-0.39, 0.29) is 39.8 Å². The number of benzene rings is 1. The van der Waals surface area contributed by atoms with E-state index in [1.54, 1.807) is 12.1 Å². The molecule has 2 aliphatic rings. The maximum Gasteiger partial charge on any atom is 0.356 e. The third-order valence-electron chi connectivity index (χ3n) is 3.54. The van der Waals surface area contributed by atoms with E-state index in [0.717, 1.165) is 10.5 Å². The molecule has 0 saturated carbocycles. The molecule has 1 aromatic rings. The van der Waals surface area contributed by atoms with Gasteiger partial charge in [-0.3, -0.25) is 9.69 Å². The van der Waals surface area contributed by atoms with Gasteiger partial charge in [-0.25, -0.2) is 4.79 Å². The first kappa shape index (κ1) is 15.9. The number of β-lactam (4-membered cyclic amide) rings is 1. The molecule has 0 bridgehead atoms. The summed E-state index contributed by atoms with van der Waals surface area (Å²) in [6, 6.07) is 6.01. The first-order valence-electron chi connectivity index (χ1n) is 6.71. The number of carboxylic acids is 1. The standard InChI is InChI=1S/C14H13NO6S2/c1-8-2-4-9(5-3-8)23(19,20)21-10-7-22-12-6-11(16)15(12)13(10)14(17)18/h2-5,12H,6-7H2,1H3,(H,17,18)/t12-/m1/s1. The summed E-state index contributed by atoms with van der Waals surface area (Å²) in [4.78, 5) is 24.1. The molecule has 1 fully saturated rings. The highest BCUT2D eigenvalue weighted by atomic mass is 32.2. The molecule has 1 N–H and O–H groups in total.